The summed E-state index contributed by atoms with van der Waals surface area (Å²) >= 11 is 0. The highest BCUT2D eigenvalue weighted by molar-refractivity contribution is 5.99. The Morgan fingerprint density at radius 2 is 1.89 bits per heavy atom. The van der Waals surface area contributed by atoms with Gasteiger partial charge in [0.2, 0.25) is 0 Å². The zero-order valence-corrected chi connectivity index (χ0v) is 15.9. The second-order valence-electron chi connectivity index (χ2n) is 5.96. The number of hydrogen-bond donors (Lipinski definition) is 1. The number of amides is 1. The number of esters is 1. The summed E-state index contributed by atoms with van der Waals surface area (Å²) < 4.78 is 13.7. The van der Waals surface area contributed by atoms with Gasteiger partial charge < -0.3 is 19.4 Å². The Labute approximate surface area is 155 Å². The zero-order valence-electron chi connectivity index (χ0n) is 15.9. The number of carbonyl (C=O) groups excluding carboxylic acids is 2. The molecule has 0 bridgehead atoms. The Morgan fingerprint density at radius 1 is 1.19 bits per heavy atom. The molecule has 0 fully saturated rings. The number of ether oxygens (including phenoxy) is 2. The Balaban J connectivity index is 2.52. The van der Waals surface area contributed by atoms with Crippen molar-refractivity contribution in [2.24, 2.45) is 14.1 Å². The van der Waals surface area contributed by atoms with Crippen molar-refractivity contribution >= 4 is 22.9 Å². The van der Waals surface area contributed by atoms with Crippen molar-refractivity contribution in [2.45, 2.75) is 19.9 Å². The van der Waals surface area contributed by atoms with Gasteiger partial charge in [0, 0.05) is 34.4 Å². The zero-order chi connectivity index (χ0) is 20.1. The van der Waals surface area contributed by atoms with Crippen molar-refractivity contribution in [3.05, 3.63) is 32.6 Å². The molecule has 0 radical (unpaired) electrons. The molecule has 0 spiro atoms. The van der Waals surface area contributed by atoms with Crippen molar-refractivity contribution in [3.63, 3.8) is 0 Å². The van der Waals surface area contributed by atoms with Crippen LogP contribution in [0.2, 0.25) is 0 Å². The van der Waals surface area contributed by atoms with E-state index in [1.165, 1.54) is 24.7 Å². The first kappa shape index (κ1) is 20.4. The average Bonchev–Trinajstić information content (AvgIpc) is 3.03. The van der Waals surface area contributed by atoms with Gasteiger partial charge in [0.1, 0.15) is 17.9 Å². The van der Waals surface area contributed by atoms with Crippen molar-refractivity contribution < 1.29 is 19.1 Å². The summed E-state index contributed by atoms with van der Waals surface area (Å²) in [7, 11) is 4.48. The van der Waals surface area contributed by atoms with Crippen molar-refractivity contribution in [3.8, 4) is 0 Å². The molecule has 148 valence electrons. The van der Waals surface area contributed by atoms with Gasteiger partial charge in [-0.15, -0.1) is 0 Å². The highest BCUT2D eigenvalue weighted by Gasteiger charge is 2.21. The molecule has 0 saturated carbocycles. The number of methoxy groups -OCH3 is 1. The van der Waals surface area contributed by atoms with E-state index in [4.69, 9.17) is 9.47 Å². The largest absolute Gasteiger partial charge is 0.465 e. The summed E-state index contributed by atoms with van der Waals surface area (Å²) in [6.45, 7) is 2.40. The molecule has 0 atom stereocenters. The number of hydrogen-bond acceptors (Lipinski definition) is 6. The van der Waals surface area contributed by atoms with Crippen LogP contribution in [0, 0.1) is 0 Å². The smallest absolute Gasteiger partial charge is 0.332 e. The number of aromatic nitrogens is 3. The van der Waals surface area contributed by atoms with E-state index in [0.717, 1.165) is 4.57 Å². The Bertz CT molecular complexity index is 968. The van der Waals surface area contributed by atoms with Crippen LogP contribution in [0.1, 0.15) is 23.8 Å². The summed E-state index contributed by atoms with van der Waals surface area (Å²) in [5, 5.41) is 2.73. The maximum Gasteiger partial charge on any atom is 0.332 e. The Hall–Kier alpha value is -2.88. The maximum absolute atomic E-state index is 12.6. The molecule has 1 amide bonds. The highest BCUT2D eigenvalue weighted by atomic mass is 16.5. The Morgan fingerprint density at radius 3 is 2.52 bits per heavy atom. The minimum atomic E-state index is -0.559. The molecule has 0 aliphatic heterocycles. The molecule has 0 saturated heterocycles. The van der Waals surface area contributed by atoms with Crippen LogP contribution in [0.3, 0.4) is 0 Å². The number of aryl methyl sites for hydroxylation is 2. The van der Waals surface area contributed by atoms with Gasteiger partial charge in [-0.25, -0.2) is 4.79 Å². The fraction of sp³-hybridized carbons (Fsp3) is 0.529. The summed E-state index contributed by atoms with van der Waals surface area (Å²) in [6.07, 6.45) is 0.571. The second-order valence-corrected chi connectivity index (χ2v) is 5.96. The van der Waals surface area contributed by atoms with Crippen LogP contribution < -0.4 is 16.6 Å². The normalized spacial score (nSPS) is 11.0. The van der Waals surface area contributed by atoms with E-state index in [-0.39, 0.29) is 24.2 Å². The van der Waals surface area contributed by atoms with Crippen LogP contribution in [-0.2, 0) is 34.9 Å². The van der Waals surface area contributed by atoms with Crippen LogP contribution in [0.25, 0.3) is 11.0 Å². The predicted molar refractivity (Wildman–Crippen MR) is 97.9 cm³/mol. The monoisotopic (exact) mass is 380 g/mol. The van der Waals surface area contributed by atoms with Gasteiger partial charge in [0.15, 0.2) is 0 Å². The van der Waals surface area contributed by atoms with Gasteiger partial charge in [-0.2, -0.15) is 0 Å². The van der Waals surface area contributed by atoms with Crippen LogP contribution in [0.5, 0.6) is 0 Å². The number of carbonyl (C=O) groups is 2. The van der Waals surface area contributed by atoms with Gasteiger partial charge in [-0.1, -0.05) is 0 Å². The molecule has 2 aromatic rings. The minimum Gasteiger partial charge on any atom is -0.465 e. The van der Waals surface area contributed by atoms with E-state index in [2.05, 4.69) is 5.32 Å². The molecule has 0 aliphatic carbocycles. The van der Waals surface area contributed by atoms with E-state index in [9.17, 15) is 19.2 Å². The van der Waals surface area contributed by atoms with Crippen molar-refractivity contribution in [1.29, 1.82) is 0 Å². The summed E-state index contributed by atoms with van der Waals surface area (Å²) in [5.74, 6) is -1.10. The lowest BCUT2D eigenvalue weighted by Gasteiger charge is -2.13. The molecule has 10 heteroatoms. The molecule has 0 aromatic carbocycles. The SMILES string of the molecule is CCOC(=O)CNC(=O)c1cc2c(=O)n(C)c(=O)n(C)c2n1CCCOC. The predicted octanol–water partition coefficient (Wildman–Crippen LogP) is -0.632. The topological polar surface area (TPSA) is 114 Å². The fourth-order valence-electron chi connectivity index (χ4n) is 2.88. The third-order valence-corrected chi connectivity index (χ3v) is 4.16. The van der Waals surface area contributed by atoms with E-state index in [1.54, 1.807) is 18.6 Å². The molecule has 2 heterocycles. The minimum absolute atomic E-state index is 0.184. The fourth-order valence-corrected chi connectivity index (χ4v) is 2.88. The van der Waals surface area contributed by atoms with Gasteiger partial charge >= 0.3 is 11.7 Å². The van der Waals surface area contributed by atoms with Crippen LogP contribution in [0.15, 0.2) is 15.7 Å². The van der Waals surface area contributed by atoms with Gasteiger partial charge in [0.05, 0.1) is 12.0 Å². The summed E-state index contributed by atoms with van der Waals surface area (Å²) in [4.78, 5) is 48.8. The van der Waals surface area contributed by atoms with Crippen LogP contribution in [-0.4, -0.2) is 52.4 Å². The lowest BCUT2D eigenvalue weighted by atomic mass is 10.3. The van der Waals surface area contributed by atoms with Crippen molar-refractivity contribution in [1.82, 2.24) is 19.0 Å². The van der Waals surface area contributed by atoms with Gasteiger partial charge in [0.25, 0.3) is 11.5 Å². The van der Waals surface area contributed by atoms with E-state index < -0.39 is 23.1 Å². The number of nitrogens with zero attached hydrogens (tertiary/aromatic N) is 3. The molecule has 2 rings (SSSR count). The molecular formula is C17H24N4O6. The first-order chi connectivity index (χ1) is 12.8. The first-order valence-electron chi connectivity index (χ1n) is 8.55. The van der Waals surface area contributed by atoms with Gasteiger partial charge in [-0.05, 0) is 19.4 Å². The van der Waals surface area contributed by atoms with E-state index >= 15 is 0 Å². The Kier molecular flexibility index (Phi) is 6.56. The van der Waals surface area contributed by atoms with Crippen LogP contribution in [0.4, 0.5) is 0 Å². The molecule has 1 N–H and O–H groups in total. The third kappa shape index (κ3) is 4.11. The number of nitrogens with one attached hydrogen (secondary N) is 1. The number of fused-ring (bicyclic) bond motifs is 1. The molecular weight excluding hydrogens is 356 g/mol. The second kappa shape index (κ2) is 8.67. The molecule has 10 nitrogen and oxygen atoms in total. The lowest BCUT2D eigenvalue weighted by Crippen LogP contribution is -2.37. The van der Waals surface area contributed by atoms with E-state index in [0.29, 0.717) is 25.2 Å². The van der Waals surface area contributed by atoms with Crippen molar-refractivity contribution in [2.75, 3.05) is 26.9 Å². The molecule has 27 heavy (non-hydrogen) atoms. The average molecular weight is 380 g/mol. The standard InChI is InChI=1S/C17H24N4O6/c1-5-27-13(22)10-18-14(23)12-9-11-15(21(12)7-6-8-26-4)19(2)17(25)20(3)16(11)24/h9H,5-8,10H2,1-4H3,(H,18,23). The molecule has 0 aliphatic rings. The quantitative estimate of drug-likeness (QED) is 0.482. The van der Waals surface area contributed by atoms with E-state index in [1.807, 2.05) is 0 Å². The first-order valence-corrected chi connectivity index (χ1v) is 8.55. The summed E-state index contributed by atoms with van der Waals surface area (Å²) in [6, 6.07) is 1.43. The molecule has 0 unspecified atom stereocenters. The molecule has 2 aromatic heterocycles. The number of rotatable bonds is 8. The summed E-state index contributed by atoms with van der Waals surface area (Å²) in [5.41, 5.74) is -0.445. The lowest BCUT2D eigenvalue weighted by molar-refractivity contribution is -0.141. The van der Waals surface area contributed by atoms with Gasteiger partial charge in [-0.3, -0.25) is 23.5 Å². The third-order valence-electron chi connectivity index (χ3n) is 4.16. The highest BCUT2D eigenvalue weighted by Crippen LogP contribution is 2.16. The maximum atomic E-state index is 12.6. The van der Waals surface area contributed by atoms with Crippen LogP contribution >= 0.6 is 0 Å².